The van der Waals surface area contributed by atoms with E-state index in [0.717, 1.165) is 23.1 Å². The number of nitrogens with one attached hydrogen (secondary N) is 1. The average Bonchev–Trinajstić information content (AvgIpc) is 2.33. The summed E-state index contributed by atoms with van der Waals surface area (Å²) in [4.78, 5) is 4.30. The Hall–Kier alpha value is -1.97. The maximum absolute atomic E-state index is 13.4. The van der Waals surface area contributed by atoms with Crippen molar-refractivity contribution >= 4 is 5.69 Å². The number of aryl methyl sites for hydroxylation is 2. The van der Waals surface area contributed by atoms with Crippen LogP contribution in [-0.4, -0.2) is 4.98 Å². The highest BCUT2D eigenvalue weighted by Gasteiger charge is 2.07. The lowest BCUT2D eigenvalue weighted by molar-refractivity contribution is 0.500. The van der Waals surface area contributed by atoms with Gasteiger partial charge < -0.3 is 5.32 Å². The summed E-state index contributed by atoms with van der Waals surface area (Å²) in [6.07, 6.45) is 0. The highest BCUT2D eigenvalue weighted by molar-refractivity contribution is 5.48. The number of hydrogen-bond donors (Lipinski definition) is 1. The molecular weight excluding hydrogens is 234 g/mol. The SMILES string of the molecule is Cc1ccc(NCc2cccc(F)c2F)c(C)n1. The zero-order valence-corrected chi connectivity index (χ0v) is 10.3. The van der Waals surface area contributed by atoms with Gasteiger partial charge >= 0.3 is 0 Å². The van der Waals surface area contributed by atoms with Gasteiger partial charge in [0.2, 0.25) is 0 Å². The Balaban J connectivity index is 2.14. The summed E-state index contributed by atoms with van der Waals surface area (Å²) < 4.78 is 26.5. The van der Waals surface area contributed by atoms with Crippen LogP contribution in [0.1, 0.15) is 17.0 Å². The average molecular weight is 248 g/mol. The lowest BCUT2D eigenvalue weighted by atomic mass is 10.2. The maximum atomic E-state index is 13.4. The van der Waals surface area contributed by atoms with Gasteiger partial charge in [-0.2, -0.15) is 0 Å². The molecular formula is C14H14F2N2. The Labute approximate surface area is 105 Å². The van der Waals surface area contributed by atoms with Crippen LogP contribution in [0.15, 0.2) is 30.3 Å². The monoisotopic (exact) mass is 248 g/mol. The second-order valence-corrected chi connectivity index (χ2v) is 4.15. The molecule has 1 heterocycles. The van der Waals surface area contributed by atoms with Crippen molar-refractivity contribution in [3.05, 3.63) is 58.9 Å². The molecule has 0 amide bonds. The van der Waals surface area contributed by atoms with Crippen molar-refractivity contribution in [2.24, 2.45) is 0 Å². The first-order chi connectivity index (χ1) is 8.58. The quantitative estimate of drug-likeness (QED) is 0.897. The molecule has 1 aromatic carbocycles. The van der Waals surface area contributed by atoms with E-state index >= 15 is 0 Å². The van der Waals surface area contributed by atoms with Gasteiger partial charge in [-0.15, -0.1) is 0 Å². The van der Waals surface area contributed by atoms with E-state index < -0.39 is 11.6 Å². The number of anilines is 1. The van der Waals surface area contributed by atoms with E-state index in [2.05, 4.69) is 10.3 Å². The van der Waals surface area contributed by atoms with Crippen molar-refractivity contribution in [1.29, 1.82) is 0 Å². The van der Waals surface area contributed by atoms with Gasteiger partial charge in [-0.05, 0) is 32.0 Å². The third-order valence-corrected chi connectivity index (χ3v) is 2.73. The summed E-state index contributed by atoms with van der Waals surface area (Å²) in [6, 6.07) is 7.92. The van der Waals surface area contributed by atoms with Crippen LogP contribution in [0.5, 0.6) is 0 Å². The van der Waals surface area contributed by atoms with Gasteiger partial charge in [0.1, 0.15) is 0 Å². The fourth-order valence-electron chi connectivity index (χ4n) is 1.75. The number of halogens is 2. The van der Waals surface area contributed by atoms with Crippen LogP contribution in [0, 0.1) is 25.5 Å². The predicted octanol–water partition coefficient (Wildman–Crippen LogP) is 3.59. The topological polar surface area (TPSA) is 24.9 Å². The molecule has 0 radical (unpaired) electrons. The van der Waals surface area contributed by atoms with Gasteiger partial charge in [-0.1, -0.05) is 12.1 Å². The fourth-order valence-corrected chi connectivity index (χ4v) is 1.75. The number of rotatable bonds is 3. The van der Waals surface area contributed by atoms with Gasteiger partial charge in [0.05, 0.1) is 11.4 Å². The first-order valence-electron chi connectivity index (χ1n) is 5.69. The van der Waals surface area contributed by atoms with Crippen molar-refractivity contribution in [3.63, 3.8) is 0 Å². The Bertz CT molecular complexity index is 568. The highest BCUT2D eigenvalue weighted by atomic mass is 19.2. The van der Waals surface area contributed by atoms with Gasteiger partial charge in [-0.25, -0.2) is 8.78 Å². The molecule has 0 aliphatic rings. The molecule has 2 nitrogen and oxygen atoms in total. The maximum Gasteiger partial charge on any atom is 0.163 e. The van der Waals surface area contributed by atoms with Gasteiger partial charge in [0, 0.05) is 17.8 Å². The number of aromatic nitrogens is 1. The van der Waals surface area contributed by atoms with Crippen molar-refractivity contribution in [2.75, 3.05) is 5.32 Å². The van der Waals surface area contributed by atoms with Crippen LogP contribution in [0.2, 0.25) is 0 Å². The highest BCUT2D eigenvalue weighted by Crippen LogP contribution is 2.16. The zero-order valence-electron chi connectivity index (χ0n) is 10.3. The molecule has 0 aliphatic heterocycles. The van der Waals surface area contributed by atoms with E-state index in [1.165, 1.54) is 6.07 Å². The Morgan fingerprint density at radius 2 is 1.89 bits per heavy atom. The number of hydrogen-bond acceptors (Lipinski definition) is 2. The summed E-state index contributed by atoms with van der Waals surface area (Å²) >= 11 is 0. The zero-order chi connectivity index (χ0) is 13.1. The molecule has 0 saturated carbocycles. The summed E-state index contributed by atoms with van der Waals surface area (Å²) in [5, 5.41) is 3.06. The van der Waals surface area contributed by atoms with Crippen LogP contribution >= 0.6 is 0 Å². The summed E-state index contributed by atoms with van der Waals surface area (Å²) in [7, 11) is 0. The minimum atomic E-state index is -0.826. The van der Waals surface area contributed by atoms with E-state index in [0.29, 0.717) is 5.56 Å². The Morgan fingerprint density at radius 3 is 2.61 bits per heavy atom. The van der Waals surface area contributed by atoms with E-state index in [1.54, 1.807) is 6.07 Å². The van der Waals surface area contributed by atoms with Crippen LogP contribution in [0.3, 0.4) is 0 Å². The molecule has 94 valence electrons. The lowest BCUT2D eigenvalue weighted by Crippen LogP contribution is -2.05. The van der Waals surface area contributed by atoms with Crippen molar-refractivity contribution in [3.8, 4) is 0 Å². The molecule has 4 heteroatoms. The van der Waals surface area contributed by atoms with Gasteiger partial charge in [0.25, 0.3) is 0 Å². The molecule has 2 rings (SSSR count). The molecule has 0 fully saturated rings. The second kappa shape index (κ2) is 5.12. The molecule has 1 aromatic heterocycles. The minimum absolute atomic E-state index is 0.231. The van der Waals surface area contributed by atoms with Crippen LogP contribution in [-0.2, 0) is 6.54 Å². The third-order valence-electron chi connectivity index (χ3n) is 2.73. The van der Waals surface area contributed by atoms with Gasteiger partial charge in [0.15, 0.2) is 11.6 Å². The predicted molar refractivity (Wildman–Crippen MR) is 67.4 cm³/mol. The summed E-state index contributed by atoms with van der Waals surface area (Å²) in [6.45, 7) is 4.01. The fraction of sp³-hybridized carbons (Fsp3) is 0.214. The molecule has 0 atom stereocenters. The van der Waals surface area contributed by atoms with Crippen LogP contribution < -0.4 is 5.32 Å². The molecule has 0 unspecified atom stereocenters. The summed E-state index contributed by atoms with van der Waals surface area (Å²) in [5.41, 5.74) is 2.89. The van der Waals surface area contributed by atoms with E-state index in [1.807, 2.05) is 26.0 Å². The molecule has 0 bridgehead atoms. The van der Waals surface area contributed by atoms with Crippen molar-refractivity contribution < 1.29 is 8.78 Å². The first-order valence-corrected chi connectivity index (χ1v) is 5.69. The Morgan fingerprint density at radius 1 is 1.11 bits per heavy atom. The number of benzene rings is 1. The molecule has 1 N–H and O–H groups in total. The first kappa shape index (κ1) is 12.5. The van der Waals surface area contributed by atoms with Crippen LogP contribution in [0.25, 0.3) is 0 Å². The Kier molecular flexibility index (Phi) is 3.55. The molecule has 0 aliphatic carbocycles. The van der Waals surface area contributed by atoms with E-state index in [9.17, 15) is 8.78 Å². The molecule has 18 heavy (non-hydrogen) atoms. The lowest BCUT2D eigenvalue weighted by Gasteiger charge is -2.10. The van der Waals surface area contributed by atoms with E-state index in [4.69, 9.17) is 0 Å². The third kappa shape index (κ3) is 2.64. The van der Waals surface area contributed by atoms with E-state index in [-0.39, 0.29) is 6.54 Å². The normalized spacial score (nSPS) is 10.4. The smallest absolute Gasteiger partial charge is 0.163 e. The van der Waals surface area contributed by atoms with Crippen molar-refractivity contribution in [1.82, 2.24) is 4.98 Å². The van der Waals surface area contributed by atoms with Gasteiger partial charge in [-0.3, -0.25) is 4.98 Å². The number of nitrogens with zero attached hydrogens (tertiary/aromatic N) is 1. The van der Waals surface area contributed by atoms with Crippen molar-refractivity contribution in [2.45, 2.75) is 20.4 Å². The largest absolute Gasteiger partial charge is 0.379 e. The van der Waals surface area contributed by atoms with Crippen LogP contribution in [0.4, 0.5) is 14.5 Å². The summed E-state index contributed by atoms with van der Waals surface area (Å²) in [5.74, 6) is -1.63. The second-order valence-electron chi connectivity index (χ2n) is 4.15. The molecule has 2 aromatic rings. The minimum Gasteiger partial charge on any atom is -0.379 e. The molecule has 0 saturated heterocycles. The molecule has 0 spiro atoms. The standard InChI is InChI=1S/C14H14F2N2/c1-9-6-7-13(10(2)18-9)17-8-11-4-3-5-12(15)14(11)16/h3-7,17H,8H2,1-2H3. The number of pyridine rings is 1.